The summed E-state index contributed by atoms with van der Waals surface area (Å²) in [6, 6.07) is -0.840. The molecule has 1 amide bonds. The summed E-state index contributed by atoms with van der Waals surface area (Å²) in [6.45, 7) is 7.09. The van der Waals surface area contributed by atoms with E-state index in [1.165, 1.54) is 276 Å². The Bertz CT molecular complexity index is 1360. The van der Waals surface area contributed by atoms with E-state index in [0.29, 0.717) is 23.9 Å². The molecule has 0 saturated carbocycles. The van der Waals surface area contributed by atoms with Gasteiger partial charge < -0.3 is 19.4 Å². The summed E-state index contributed by atoms with van der Waals surface area (Å²) in [7, 11) is 1.52. The Morgan fingerprint density at radius 1 is 0.430 bits per heavy atom. The smallest absolute Gasteiger partial charge is 0.456 e. The van der Waals surface area contributed by atoms with Crippen molar-refractivity contribution >= 4 is 19.7 Å². The normalized spacial score (nSPS) is 13.6. The van der Waals surface area contributed by atoms with Crippen molar-refractivity contribution in [3.8, 4) is 0 Å². The van der Waals surface area contributed by atoms with Crippen molar-refractivity contribution in [2.75, 3.05) is 40.9 Å². The predicted molar refractivity (Wildman–Crippen MR) is 342 cm³/mol. The van der Waals surface area contributed by atoms with Crippen LogP contribution in [0.4, 0.5) is 0 Å². The number of unbranched alkanes of at least 4 members (excludes halogenated alkanes) is 49. The number of hydrogen-bond acceptors (Lipinski definition) is 6. The highest BCUT2D eigenvalue weighted by Crippen LogP contribution is 2.43. The zero-order valence-corrected chi connectivity index (χ0v) is 54.8. The largest absolute Gasteiger partial charge is 0.472 e. The summed E-state index contributed by atoms with van der Waals surface area (Å²) < 4.78 is 30.8. The van der Waals surface area contributed by atoms with Gasteiger partial charge in [-0.15, -0.1) is 0 Å². The summed E-state index contributed by atoms with van der Waals surface area (Å²) in [5, 5.41) is 3.07. The van der Waals surface area contributed by atoms with Gasteiger partial charge in [0.1, 0.15) is 19.3 Å². The maximum atomic E-state index is 13.6. The van der Waals surface area contributed by atoms with Gasteiger partial charge in [0, 0.05) is 12.8 Å². The molecular weight excluding hydrogens is 1000 g/mol. The first kappa shape index (κ1) is 77.8. The van der Waals surface area contributed by atoms with Gasteiger partial charge in [-0.3, -0.25) is 18.6 Å². The first-order chi connectivity index (χ1) is 38.4. The maximum Gasteiger partial charge on any atom is 0.472 e. The minimum Gasteiger partial charge on any atom is -0.456 e. The van der Waals surface area contributed by atoms with Crippen LogP contribution in [0.25, 0.3) is 0 Å². The number of allylic oxidation sites excluding steroid dienone is 1. The lowest BCUT2D eigenvalue weighted by Gasteiger charge is -2.27. The molecule has 0 aliphatic rings. The SMILES string of the molecule is CCCCCCCCCCCC/C=C\C(OC(=O)CCCCCCCCCCCCCCCCCCCCCCCCCCC)C(COP(=O)(O)OCC[N+](C)(C)C)NC(=O)CCCCCCCCCCCCCCCCCC. The summed E-state index contributed by atoms with van der Waals surface area (Å²) in [5.41, 5.74) is 0. The van der Waals surface area contributed by atoms with Crippen molar-refractivity contribution in [3.63, 3.8) is 0 Å². The Kier molecular flexibility index (Phi) is 58.9. The van der Waals surface area contributed by atoms with Crippen LogP contribution in [0.15, 0.2) is 12.2 Å². The van der Waals surface area contributed by atoms with E-state index >= 15 is 0 Å². The van der Waals surface area contributed by atoms with Crippen molar-refractivity contribution in [1.82, 2.24) is 5.32 Å². The first-order valence-electron chi connectivity index (χ1n) is 35.0. The van der Waals surface area contributed by atoms with Crippen molar-refractivity contribution in [1.29, 1.82) is 0 Å². The van der Waals surface area contributed by atoms with Gasteiger partial charge in [0.25, 0.3) is 0 Å². The monoisotopic (exact) mass is 1140 g/mol. The molecule has 0 aliphatic heterocycles. The van der Waals surface area contributed by atoms with E-state index in [1.54, 1.807) is 0 Å². The minimum absolute atomic E-state index is 0.0460. The Labute approximate surface area is 492 Å². The van der Waals surface area contributed by atoms with E-state index < -0.39 is 20.0 Å². The molecule has 470 valence electrons. The average Bonchev–Trinajstić information content (AvgIpc) is 3.41. The number of quaternary nitrogens is 1. The molecule has 9 nitrogen and oxygen atoms in total. The number of carbonyl (C=O) groups excluding carboxylic acids is 2. The number of rotatable bonds is 65. The Morgan fingerprint density at radius 3 is 1.04 bits per heavy atom. The quantitative estimate of drug-likeness (QED) is 0.0205. The van der Waals surface area contributed by atoms with E-state index in [1.807, 2.05) is 27.2 Å². The molecular formula is C69H138N2O7P+. The number of phosphoric ester groups is 1. The van der Waals surface area contributed by atoms with Crippen molar-refractivity contribution in [2.24, 2.45) is 0 Å². The number of ether oxygens (including phenoxy) is 1. The van der Waals surface area contributed by atoms with E-state index in [0.717, 1.165) is 57.8 Å². The lowest BCUT2D eigenvalue weighted by atomic mass is 10.0. The molecule has 0 heterocycles. The number of amides is 1. The third kappa shape index (κ3) is 61.1. The van der Waals surface area contributed by atoms with Crippen LogP contribution in [-0.2, 0) is 27.9 Å². The number of hydrogen-bond donors (Lipinski definition) is 2. The number of likely N-dealkylation sites (N-methyl/N-ethyl adjacent to an activating group) is 1. The van der Waals surface area contributed by atoms with E-state index in [4.69, 9.17) is 13.8 Å². The first-order valence-corrected chi connectivity index (χ1v) is 36.5. The summed E-state index contributed by atoms with van der Waals surface area (Å²) in [5.74, 6) is -0.479. The number of carbonyl (C=O) groups is 2. The van der Waals surface area contributed by atoms with Crippen LogP contribution >= 0.6 is 7.82 Å². The average molecular weight is 1140 g/mol. The second-order valence-electron chi connectivity index (χ2n) is 25.4. The molecule has 0 aromatic rings. The highest BCUT2D eigenvalue weighted by atomic mass is 31.2. The van der Waals surface area contributed by atoms with Crippen LogP contribution < -0.4 is 5.32 Å². The van der Waals surface area contributed by atoms with Crippen molar-refractivity contribution < 1.29 is 37.3 Å². The second-order valence-corrected chi connectivity index (χ2v) is 26.9. The lowest BCUT2D eigenvalue weighted by Crippen LogP contribution is -2.47. The van der Waals surface area contributed by atoms with Gasteiger partial charge in [-0.25, -0.2) is 4.57 Å². The molecule has 3 atom stereocenters. The molecule has 79 heavy (non-hydrogen) atoms. The zero-order valence-electron chi connectivity index (χ0n) is 53.9. The highest BCUT2D eigenvalue weighted by molar-refractivity contribution is 7.47. The molecule has 0 saturated heterocycles. The minimum atomic E-state index is -4.44. The van der Waals surface area contributed by atoms with E-state index in [-0.39, 0.29) is 25.1 Å². The van der Waals surface area contributed by atoms with Gasteiger partial charge in [0.15, 0.2) is 0 Å². The maximum absolute atomic E-state index is 13.6. The molecule has 0 rings (SSSR count). The Morgan fingerprint density at radius 2 is 0.722 bits per heavy atom. The van der Waals surface area contributed by atoms with Crippen LogP contribution in [-0.4, -0.2) is 74.3 Å². The molecule has 0 aliphatic carbocycles. The van der Waals surface area contributed by atoms with Gasteiger partial charge >= 0.3 is 13.8 Å². The molecule has 0 radical (unpaired) electrons. The summed E-state index contributed by atoms with van der Waals surface area (Å²) in [6.07, 6.45) is 70.8. The molecule has 0 fully saturated rings. The fourth-order valence-electron chi connectivity index (χ4n) is 10.8. The summed E-state index contributed by atoms with van der Waals surface area (Å²) >= 11 is 0. The fourth-order valence-corrected chi connectivity index (χ4v) is 11.6. The molecule has 0 spiro atoms. The topological polar surface area (TPSA) is 111 Å². The van der Waals surface area contributed by atoms with Crippen LogP contribution in [0.5, 0.6) is 0 Å². The third-order valence-electron chi connectivity index (χ3n) is 16.2. The van der Waals surface area contributed by atoms with Gasteiger partial charge in [0.2, 0.25) is 5.91 Å². The van der Waals surface area contributed by atoms with E-state index in [9.17, 15) is 19.0 Å². The molecule has 2 N–H and O–H groups in total. The van der Waals surface area contributed by atoms with Crippen LogP contribution in [0, 0.1) is 0 Å². The molecule has 0 aromatic carbocycles. The van der Waals surface area contributed by atoms with Gasteiger partial charge in [-0.1, -0.05) is 335 Å². The molecule has 0 aromatic heterocycles. The Hall–Kier alpha value is -1.25. The molecule has 0 bridgehead atoms. The number of nitrogens with zero attached hydrogens (tertiary/aromatic N) is 1. The second kappa shape index (κ2) is 59.9. The fraction of sp³-hybridized carbons (Fsp3) is 0.942. The number of phosphoric acid groups is 1. The van der Waals surface area contributed by atoms with Crippen LogP contribution in [0.2, 0.25) is 0 Å². The van der Waals surface area contributed by atoms with Crippen LogP contribution in [0.1, 0.15) is 367 Å². The van der Waals surface area contributed by atoms with Gasteiger partial charge in [-0.2, -0.15) is 0 Å². The summed E-state index contributed by atoms with van der Waals surface area (Å²) in [4.78, 5) is 37.8. The zero-order chi connectivity index (χ0) is 57.9. The van der Waals surface area contributed by atoms with Gasteiger partial charge in [-0.05, 0) is 31.8 Å². The molecule has 3 unspecified atom stereocenters. The molecule has 10 heteroatoms. The van der Waals surface area contributed by atoms with Crippen LogP contribution in [0.3, 0.4) is 0 Å². The van der Waals surface area contributed by atoms with Gasteiger partial charge in [0.05, 0.1) is 33.8 Å². The van der Waals surface area contributed by atoms with Crippen molar-refractivity contribution in [3.05, 3.63) is 12.2 Å². The number of esters is 1. The number of nitrogens with one attached hydrogen (secondary N) is 1. The van der Waals surface area contributed by atoms with E-state index in [2.05, 4.69) is 32.2 Å². The van der Waals surface area contributed by atoms with Crippen molar-refractivity contribution in [2.45, 2.75) is 380 Å². The standard InChI is InChI=1S/C69H137N2O7P/c1-7-10-13-16-19-22-25-28-30-32-33-34-35-36-37-38-39-40-42-44-47-50-53-56-59-62-69(73)78-67(60-57-54-51-48-45-27-24-21-18-15-12-9-3)66(65-77-79(74,75)76-64-63-71(4,5)6)70-68(72)61-58-55-52-49-46-43-41-31-29-26-23-20-17-14-11-8-2/h57,60,66-67H,7-56,58-59,61-65H2,1-6H3,(H-,70,72,74,75)/p+1/b60-57-. The Balaban J connectivity index is 5.00. The third-order valence-corrected chi connectivity index (χ3v) is 17.2. The highest BCUT2D eigenvalue weighted by Gasteiger charge is 2.30. The predicted octanol–water partition coefficient (Wildman–Crippen LogP) is 21.9. The lowest BCUT2D eigenvalue weighted by molar-refractivity contribution is -0.870.